The molecule has 0 aliphatic carbocycles. The standard InChI is InChI=1S/C8H6BrF2NO2/c1-14-8(13)12-7-2-4(9)5(10)3-6(7)11/h2-3H,1H3,(H,12,13). The van der Waals surface area contributed by atoms with Gasteiger partial charge in [-0.05, 0) is 22.0 Å². The highest BCUT2D eigenvalue weighted by atomic mass is 79.9. The molecule has 0 aliphatic rings. The number of methoxy groups -OCH3 is 1. The predicted molar refractivity (Wildman–Crippen MR) is 50.1 cm³/mol. The monoisotopic (exact) mass is 265 g/mol. The van der Waals surface area contributed by atoms with Gasteiger partial charge in [-0.1, -0.05) is 0 Å². The second-order valence-corrected chi connectivity index (χ2v) is 3.22. The molecule has 6 heteroatoms. The summed E-state index contributed by atoms with van der Waals surface area (Å²) in [5.74, 6) is -1.60. The molecular weight excluding hydrogens is 260 g/mol. The van der Waals surface area contributed by atoms with Gasteiger partial charge in [0.05, 0.1) is 17.3 Å². The second-order valence-electron chi connectivity index (χ2n) is 2.36. The third-order valence-corrected chi connectivity index (χ3v) is 2.04. The third-order valence-electron chi connectivity index (χ3n) is 1.43. The average Bonchev–Trinajstić information content (AvgIpc) is 2.14. The number of ether oxygens (including phenoxy) is 1. The van der Waals surface area contributed by atoms with Crippen molar-refractivity contribution in [2.75, 3.05) is 12.4 Å². The molecule has 0 saturated carbocycles. The quantitative estimate of drug-likeness (QED) is 0.793. The highest BCUT2D eigenvalue weighted by molar-refractivity contribution is 9.10. The summed E-state index contributed by atoms with van der Waals surface area (Å²) in [6.45, 7) is 0. The topological polar surface area (TPSA) is 38.3 Å². The highest BCUT2D eigenvalue weighted by Gasteiger charge is 2.10. The molecule has 1 amide bonds. The Hall–Kier alpha value is -1.17. The van der Waals surface area contributed by atoms with Crippen molar-refractivity contribution in [2.24, 2.45) is 0 Å². The van der Waals surface area contributed by atoms with E-state index in [0.717, 1.165) is 13.2 Å². The molecule has 0 aliphatic heterocycles. The van der Waals surface area contributed by atoms with Gasteiger partial charge in [-0.2, -0.15) is 0 Å². The van der Waals surface area contributed by atoms with Crippen LogP contribution in [0.15, 0.2) is 16.6 Å². The summed E-state index contributed by atoms with van der Waals surface area (Å²) < 4.78 is 30.1. The number of hydrogen-bond acceptors (Lipinski definition) is 2. The summed E-state index contributed by atoms with van der Waals surface area (Å²) in [6, 6.07) is 1.77. The summed E-state index contributed by atoms with van der Waals surface area (Å²) in [6.07, 6.45) is -0.817. The molecule has 1 rings (SSSR count). The van der Waals surface area contributed by atoms with Crippen LogP contribution in [-0.4, -0.2) is 13.2 Å². The van der Waals surface area contributed by atoms with Gasteiger partial charge >= 0.3 is 6.09 Å². The molecule has 3 nitrogen and oxygen atoms in total. The van der Waals surface area contributed by atoms with Gasteiger partial charge < -0.3 is 4.74 Å². The number of benzene rings is 1. The van der Waals surface area contributed by atoms with Gasteiger partial charge in [0.1, 0.15) is 11.6 Å². The van der Waals surface area contributed by atoms with Crippen LogP contribution in [-0.2, 0) is 4.74 Å². The molecule has 1 aromatic carbocycles. The Kier molecular flexibility index (Phi) is 3.40. The summed E-state index contributed by atoms with van der Waals surface area (Å²) in [5, 5.41) is 2.10. The minimum Gasteiger partial charge on any atom is -0.453 e. The summed E-state index contributed by atoms with van der Waals surface area (Å²) in [5.41, 5.74) is -0.148. The first-order valence-electron chi connectivity index (χ1n) is 3.54. The maximum atomic E-state index is 13.0. The maximum absolute atomic E-state index is 13.0. The van der Waals surface area contributed by atoms with Crippen LogP contribution in [0.3, 0.4) is 0 Å². The molecule has 0 bridgehead atoms. The Morgan fingerprint density at radius 3 is 2.64 bits per heavy atom. The normalized spacial score (nSPS) is 9.71. The van der Waals surface area contributed by atoms with Gasteiger partial charge in [-0.15, -0.1) is 0 Å². The third kappa shape index (κ3) is 2.41. The molecule has 0 aromatic heterocycles. The van der Waals surface area contributed by atoms with E-state index in [2.05, 4.69) is 26.0 Å². The Balaban J connectivity index is 2.98. The Bertz CT molecular complexity index is 371. The van der Waals surface area contributed by atoms with Crippen molar-refractivity contribution in [1.82, 2.24) is 0 Å². The van der Waals surface area contributed by atoms with E-state index in [-0.39, 0.29) is 10.2 Å². The predicted octanol–water partition coefficient (Wildman–Crippen LogP) is 2.91. The summed E-state index contributed by atoms with van der Waals surface area (Å²) in [4.78, 5) is 10.7. The Labute approximate surface area is 87.2 Å². The lowest BCUT2D eigenvalue weighted by atomic mass is 10.3. The zero-order chi connectivity index (χ0) is 10.7. The minimum absolute atomic E-state index is 0.0605. The van der Waals surface area contributed by atoms with Gasteiger partial charge in [-0.3, -0.25) is 5.32 Å². The first-order valence-corrected chi connectivity index (χ1v) is 4.33. The number of rotatable bonds is 1. The fraction of sp³-hybridized carbons (Fsp3) is 0.125. The molecule has 1 N–H and O–H groups in total. The summed E-state index contributed by atoms with van der Waals surface area (Å²) >= 11 is 2.86. The number of carbonyl (C=O) groups is 1. The molecule has 0 atom stereocenters. The van der Waals surface area contributed by atoms with Crippen LogP contribution >= 0.6 is 15.9 Å². The molecule has 0 fully saturated rings. The van der Waals surface area contributed by atoms with Crippen LogP contribution in [0.2, 0.25) is 0 Å². The van der Waals surface area contributed by atoms with E-state index in [0.29, 0.717) is 6.07 Å². The molecule has 0 spiro atoms. The van der Waals surface area contributed by atoms with Crippen molar-refractivity contribution in [3.8, 4) is 0 Å². The van der Waals surface area contributed by atoms with Gasteiger partial charge in [-0.25, -0.2) is 13.6 Å². The van der Waals surface area contributed by atoms with E-state index in [1.54, 1.807) is 0 Å². The van der Waals surface area contributed by atoms with E-state index in [9.17, 15) is 13.6 Å². The fourth-order valence-corrected chi connectivity index (χ4v) is 1.12. The second kappa shape index (κ2) is 4.36. The first kappa shape index (κ1) is 10.9. The molecule has 14 heavy (non-hydrogen) atoms. The van der Waals surface area contributed by atoms with E-state index >= 15 is 0 Å². The van der Waals surface area contributed by atoms with E-state index in [1.165, 1.54) is 0 Å². The number of amides is 1. The highest BCUT2D eigenvalue weighted by Crippen LogP contribution is 2.23. The molecule has 0 saturated heterocycles. The van der Waals surface area contributed by atoms with Crippen LogP contribution in [0.4, 0.5) is 19.3 Å². The number of hydrogen-bond donors (Lipinski definition) is 1. The first-order chi connectivity index (χ1) is 6.54. The van der Waals surface area contributed by atoms with Crippen molar-refractivity contribution < 1.29 is 18.3 Å². The van der Waals surface area contributed by atoms with Gasteiger partial charge in [0.15, 0.2) is 0 Å². The van der Waals surface area contributed by atoms with Crippen LogP contribution < -0.4 is 5.32 Å². The molecule has 76 valence electrons. The maximum Gasteiger partial charge on any atom is 0.411 e. The summed E-state index contributed by atoms with van der Waals surface area (Å²) in [7, 11) is 1.14. The van der Waals surface area contributed by atoms with Crippen molar-refractivity contribution in [2.45, 2.75) is 0 Å². The lowest BCUT2D eigenvalue weighted by Crippen LogP contribution is -2.12. The minimum atomic E-state index is -0.865. The van der Waals surface area contributed by atoms with Gasteiger partial charge in [0, 0.05) is 6.07 Å². The van der Waals surface area contributed by atoms with Crippen molar-refractivity contribution in [3.05, 3.63) is 28.2 Å². The molecule has 0 unspecified atom stereocenters. The van der Waals surface area contributed by atoms with E-state index in [4.69, 9.17) is 0 Å². The van der Waals surface area contributed by atoms with Gasteiger partial charge in [0.25, 0.3) is 0 Å². The Morgan fingerprint density at radius 2 is 2.07 bits per heavy atom. The molecule has 0 heterocycles. The van der Waals surface area contributed by atoms with Crippen LogP contribution in [0.25, 0.3) is 0 Å². The zero-order valence-corrected chi connectivity index (χ0v) is 8.69. The molecular formula is C8H6BrF2NO2. The van der Waals surface area contributed by atoms with Crippen LogP contribution in [0.5, 0.6) is 0 Å². The molecule has 1 aromatic rings. The molecule has 0 radical (unpaired) electrons. The smallest absolute Gasteiger partial charge is 0.411 e. The van der Waals surface area contributed by atoms with Crippen molar-refractivity contribution >= 4 is 27.7 Å². The van der Waals surface area contributed by atoms with E-state index in [1.807, 2.05) is 0 Å². The van der Waals surface area contributed by atoms with Crippen LogP contribution in [0.1, 0.15) is 0 Å². The van der Waals surface area contributed by atoms with Crippen molar-refractivity contribution in [1.29, 1.82) is 0 Å². The zero-order valence-electron chi connectivity index (χ0n) is 7.11. The Morgan fingerprint density at radius 1 is 1.43 bits per heavy atom. The average molecular weight is 266 g/mol. The van der Waals surface area contributed by atoms with Gasteiger partial charge in [0.2, 0.25) is 0 Å². The fourth-order valence-electron chi connectivity index (χ4n) is 0.779. The largest absolute Gasteiger partial charge is 0.453 e. The lowest BCUT2D eigenvalue weighted by molar-refractivity contribution is 0.186. The number of carbonyl (C=O) groups excluding carboxylic acids is 1. The number of halogens is 3. The number of anilines is 1. The lowest BCUT2D eigenvalue weighted by Gasteiger charge is -2.05. The van der Waals surface area contributed by atoms with Crippen molar-refractivity contribution in [3.63, 3.8) is 0 Å². The van der Waals surface area contributed by atoms with Crippen LogP contribution in [0, 0.1) is 11.6 Å². The van der Waals surface area contributed by atoms with E-state index < -0.39 is 17.7 Å². The number of nitrogens with one attached hydrogen (secondary N) is 1. The SMILES string of the molecule is COC(=O)Nc1cc(Br)c(F)cc1F.